The van der Waals surface area contributed by atoms with Crippen LogP contribution in [0.15, 0.2) is 58.8 Å². The quantitative estimate of drug-likeness (QED) is 0.796. The Labute approximate surface area is 122 Å². The van der Waals surface area contributed by atoms with Crippen molar-refractivity contribution in [1.29, 1.82) is 0 Å². The normalized spacial score (nSPS) is 10.8. The van der Waals surface area contributed by atoms with Crippen LogP contribution in [0.25, 0.3) is 29.1 Å². The van der Waals surface area contributed by atoms with E-state index in [2.05, 4.69) is 13.2 Å². The van der Waals surface area contributed by atoms with E-state index < -0.39 is 5.83 Å². The Balaban J connectivity index is 2.90. The Morgan fingerprint density at radius 1 is 1.29 bits per heavy atom. The van der Waals surface area contributed by atoms with Crippen LogP contribution in [0.2, 0.25) is 0 Å². The van der Waals surface area contributed by atoms with Crippen molar-refractivity contribution in [3.63, 3.8) is 0 Å². The third kappa shape index (κ3) is 2.77. The van der Waals surface area contributed by atoms with Crippen LogP contribution in [0.3, 0.4) is 0 Å². The van der Waals surface area contributed by atoms with Gasteiger partial charge in [0.25, 0.3) is 0 Å². The van der Waals surface area contributed by atoms with Crippen molar-refractivity contribution in [2.24, 2.45) is 0 Å². The zero-order valence-corrected chi connectivity index (χ0v) is 11.7. The van der Waals surface area contributed by atoms with Gasteiger partial charge in [-0.1, -0.05) is 55.6 Å². The van der Waals surface area contributed by atoms with Crippen LogP contribution in [-0.2, 0) is 0 Å². The second-order valence-corrected chi connectivity index (χ2v) is 4.39. The van der Waals surface area contributed by atoms with E-state index in [4.69, 9.17) is 4.42 Å². The van der Waals surface area contributed by atoms with Crippen LogP contribution >= 0.6 is 0 Å². The molecular formula is C18H15FO2. The fourth-order valence-corrected chi connectivity index (χ4v) is 2.10. The lowest BCUT2D eigenvalue weighted by atomic mass is 10.0. The van der Waals surface area contributed by atoms with Crippen molar-refractivity contribution >= 4 is 18.0 Å². The molecule has 0 radical (unpaired) electrons. The Morgan fingerprint density at radius 3 is 2.48 bits per heavy atom. The fraction of sp³-hybridized carbons (Fsp3) is 0.0556. The van der Waals surface area contributed by atoms with Gasteiger partial charge in [-0.2, -0.15) is 0 Å². The molecule has 0 saturated carbocycles. The van der Waals surface area contributed by atoms with Crippen LogP contribution in [0.4, 0.5) is 4.39 Å². The second-order valence-electron chi connectivity index (χ2n) is 4.39. The minimum atomic E-state index is -0.799. The molecule has 2 nitrogen and oxygen atoms in total. The molecule has 0 saturated heterocycles. The summed E-state index contributed by atoms with van der Waals surface area (Å²) in [4.78, 5) is 12.6. The van der Waals surface area contributed by atoms with Crippen molar-refractivity contribution in [2.75, 3.05) is 0 Å². The minimum Gasteiger partial charge on any atom is -0.453 e. The lowest BCUT2D eigenvalue weighted by Gasteiger charge is -2.10. The molecular weight excluding hydrogens is 267 g/mol. The summed E-state index contributed by atoms with van der Waals surface area (Å²) in [5.41, 5.74) is 0.839. The van der Waals surface area contributed by atoms with E-state index in [1.165, 1.54) is 6.08 Å². The lowest BCUT2D eigenvalue weighted by Crippen LogP contribution is -2.12. The Kier molecular flexibility index (Phi) is 4.33. The van der Waals surface area contributed by atoms with Gasteiger partial charge in [-0.05, 0) is 18.6 Å². The average molecular weight is 282 g/mol. The predicted octanol–water partition coefficient (Wildman–Crippen LogP) is 4.92. The topological polar surface area (TPSA) is 30.2 Å². The van der Waals surface area contributed by atoms with E-state index in [1.54, 1.807) is 31.2 Å². The van der Waals surface area contributed by atoms with Gasteiger partial charge in [-0.15, -0.1) is 0 Å². The highest BCUT2D eigenvalue weighted by molar-refractivity contribution is 5.77. The molecule has 0 unspecified atom stereocenters. The molecule has 1 heterocycles. The zero-order chi connectivity index (χ0) is 15.4. The highest BCUT2D eigenvalue weighted by atomic mass is 19.1. The maximum atomic E-state index is 13.5. The van der Waals surface area contributed by atoms with E-state index in [0.717, 1.165) is 0 Å². The van der Waals surface area contributed by atoms with E-state index in [9.17, 15) is 9.18 Å². The Bertz CT molecular complexity index is 768. The van der Waals surface area contributed by atoms with Crippen LogP contribution in [-0.4, -0.2) is 0 Å². The molecule has 0 spiro atoms. The molecule has 21 heavy (non-hydrogen) atoms. The predicted molar refractivity (Wildman–Crippen MR) is 85.4 cm³/mol. The molecule has 0 atom stereocenters. The van der Waals surface area contributed by atoms with Gasteiger partial charge < -0.3 is 4.42 Å². The van der Waals surface area contributed by atoms with Crippen LogP contribution < -0.4 is 5.43 Å². The molecule has 0 N–H and O–H groups in total. The second kappa shape index (κ2) is 6.18. The number of benzene rings is 1. The maximum Gasteiger partial charge on any atom is 0.201 e. The Morgan fingerprint density at radius 2 is 1.95 bits per heavy atom. The molecule has 0 aliphatic heterocycles. The summed E-state index contributed by atoms with van der Waals surface area (Å²) in [5, 5.41) is 0. The maximum absolute atomic E-state index is 13.5. The highest BCUT2D eigenvalue weighted by Crippen LogP contribution is 2.27. The lowest BCUT2D eigenvalue weighted by molar-refractivity contribution is 0.506. The van der Waals surface area contributed by atoms with Crippen molar-refractivity contribution in [2.45, 2.75) is 6.92 Å². The number of halogens is 1. The van der Waals surface area contributed by atoms with Gasteiger partial charge in [0.1, 0.15) is 5.76 Å². The van der Waals surface area contributed by atoms with Gasteiger partial charge in [-0.3, -0.25) is 4.79 Å². The average Bonchev–Trinajstić information content (AvgIpc) is 2.48. The molecule has 0 aliphatic carbocycles. The van der Waals surface area contributed by atoms with Crippen molar-refractivity contribution in [3.05, 3.63) is 76.9 Å². The van der Waals surface area contributed by atoms with Gasteiger partial charge in [0.2, 0.25) is 5.43 Å². The number of hydrogen-bond acceptors (Lipinski definition) is 2. The first-order valence-electron chi connectivity index (χ1n) is 6.46. The molecule has 1 aromatic carbocycles. The summed E-state index contributed by atoms with van der Waals surface area (Å²) >= 11 is 0. The largest absolute Gasteiger partial charge is 0.453 e. The first-order chi connectivity index (χ1) is 10.1. The standard InChI is InChI=1S/C18H15FO2/c1-4-9-15-16(13-10-7-6-8-11-13)17(20)14(5-2)18(21-15)12(3)19/h4-11H,2-3H2,1H3/b9-4-. The summed E-state index contributed by atoms with van der Waals surface area (Å²) in [6.45, 7) is 8.56. The monoisotopic (exact) mass is 282 g/mol. The molecule has 0 aliphatic rings. The van der Waals surface area contributed by atoms with Gasteiger partial charge in [0.05, 0.1) is 11.1 Å². The SMILES string of the molecule is C=Cc1c(C(=C)F)oc(/C=C\C)c(-c2ccccc2)c1=O. The van der Waals surface area contributed by atoms with Crippen molar-refractivity contribution in [1.82, 2.24) is 0 Å². The number of allylic oxidation sites excluding steroid dienone is 1. The van der Waals surface area contributed by atoms with Gasteiger partial charge in [-0.25, -0.2) is 4.39 Å². The third-order valence-corrected chi connectivity index (χ3v) is 3.01. The van der Waals surface area contributed by atoms with Crippen molar-refractivity contribution < 1.29 is 8.81 Å². The molecule has 106 valence electrons. The molecule has 1 aromatic heterocycles. The zero-order valence-electron chi connectivity index (χ0n) is 11.7. The molecule has 0 fully saturated rings. The minimum absolute atomic E-state index is 0.0783. The highest BCUT2D eigenvalue weighted by Gasteiger charge is 2.19. The van der Waals surface area contributed by atoms with Crippen LogP contribution in [0.1, 0.15) is 24.0 Å². The van der Waals surface area contributed by atoms with Crippen LogP contribution in [0, 0.1) is 0 Å². The van der Waals surface area contributed by atoms with E-state index in [1.807, 2.05) is 18.2 Å². The molecule has 2 rings (SSSR count). The van der Waals surface area contributed by atoms with E-state index in [-0.39, 0.29) is 16.8 Å². The van der Waals surface area contributed by atoms with Gasteiger partial charge in [0, 0.05) is 0 Å². The molecule has 2 aromatic rings. The molecule has 0 bridgehead atoms. The van der Waals surface area contributed by atoms with E-state index in [0.29, 0.717) is 16.9 Å². The van der Waals surface area contributed by atoms with E-state index >= 15 is 0 Å². The summed E-state index contributed by atoms with van der Waals surface area (Å²) in [6.07, 6.45) is 4.64. The summed E-state index contributed by atoms with van der Waals surface area (Å²) in [7, 11) is 0. The van der Waals surface area contributed by atoms with Gasteiger partial charge >= 0.3 is 0 Å². The number of rotatable bonds is 4. The smallest absolute Gasteiger partial charge is 0.201 e. The first-order valence-corrected chi connectivity index (χ1v) is 6.46. The summed E-state index contributed by atoms with van der Waals surface area (Å²) in [6, 6.07) is 9.10. The first kappa shape index (κ1) is 14.7. The Hall–Kier alpha value is -2.68. The fourth-order valence-electron chi connectivity index (χ4n) is 2.10. The van der Waals surface area contributed by atoms with Crippen LogP contribution in [0.5, 0.6) is 0 Å². The molecule has 3 heteroatoms. The summed E-state index contributed by atoms with van der Waals surface area (Å²) in [5.74, 6) is -0.678. The van der Waals surface area contributed by atoms with Crippen molar-refractivity contribution in [3.8, 4) is 11.1 Å². The number of hydrogen-bond donors (Lipinski definition) is 0. The van der Waals surface area contributed by atoms with Gasteiger partial charge in [0.15, 0.2) is 11.6 Å². The molecule has 0 amide bonds. The third-order valence-electron chi connectivity index (χ3n) is 3.01. The summed E-state index contributed by atoms with van der Waals surface area (Å²) < 4.78 is 19.1.